The second kappa shape index (κ2) is 7.10. The lowest BCUT2D eigenvalue weighted by atomic mass is 10.0. The lowest BCUT2D eigenvalue weighted by Gasteiger charge is -2.26. The molecule has 0 N–H and O–H groups in total. The van der Waals surface area contributed by atoms with Gasteiger partial charge < -0.3 is 9.47 Å². The van der Waals surface area contributed by atoms with Crippen molar-refractivity contribution in [2.75, 3.05) is 6.61 Å². The van der Waals surface area contributed by atoms with Crippen LogP contribution in [-0.4, -0.2) is 24.8 Å². The fourth-order valence-corrected chi connectivity index (χ4v) is 2.18. The van der Waals surface area contributed by atoms with E-state index in [0.29, 0.717) is 6.61 Å². The summed E-state index contributed by atoms with van der Waals surface area (Å²) >= 11 is 0. The first-order valence-electron chi connectivity index (χ1n) is 6.85. The van der Waals surface area contributed by atoms with Gasteiger partial charge in [-0.25, -0.2) is 4.79 Å². The minimum Gasteiger partial charge on any atom is -0.464 e. The predicted octanol–water partition coefficient (Wildman–Crippen LogP) is 3.20. The lowest BCUT2D eigenvalue weighted by molar-refractivity contribution is -0.162. The molecule has 0 bridgehead atoms. The zero-order valence-electron chi connectivity index (χ0n) is 11.2. The molecule has 19 heavy (non-hydrogen) atoms. The first kappa shape index (κ1) is 13.8. The second-order valence-corrected chi connectivity index (χ2v) is 4.62. The summed E-state index contributed by atoms with van der Waals surface area (Å²) in [6, 6.07) is 10.1. The number of ether oxygens (including phenoxy) is 2. The summed E-state index contributed by atoms with van der Waals surface area (Å²) in [5, 5.41) is 0. The van der Waals surface area contributed by atoms with Crippen LogP contribution in [0.1, 0.15) is 31.7 Å². The van der Waals surface area contributed by atoms with E-state index in [4.69, 9.17) is 9.47 Å². The van der Waals surface area contributed by atoms with Crippen LogP contribution >= 0.6 is 0 Å². The normalized spacial score (nSPS) is 23.4. The van der Waals surface area contributed by atoms with Crippen molar-refractivity contribution in [3.8, 4) is 0 Å². The topological polar surface area (TPSA) is 35.5 Å². The van der Waals surface area contributed by atoms with E-state index in [9.17, 15) is 4.79 Å². The smallest absolute Gasteiger partial charge is 0.335 e. The predicted molar refractivity (Wildman–Crippen MR) is 74.6 cm³/mol. The molecule has 2 atom stereocenters. The molecule has 0 unspecified atom stereocenters. The van der Waals surface area contributed by atoms with Gasteiger partial charge in [0.1, 0.15) is 0 Å². The largest absolute Gasteiger partial charge is 0.464 e. The zero-order valence-corrected chi connectivity index (χ0v) is 11.2. The van der Waals surface area contributed by atoms with Gasteiger partial charge in [0.15, 0.2) is 6.10 Å². The van der Waals surface area contributed by atoms with Gasteiger partial charge in [-0.2, -0.15) is 0 Å². The number of esters is 1. The molecule has 0 spiro atoms. The maximum Gasteiger partial charge on any atom is 0.335 e. The highest BCUT2D eigenvalue weighted by Gasteiger charge is 2.27. The Morgan fingerprint density at radius 2 is 2.16 bits per heavy atom. The van der Waals surface area contributed by atoms with Crippen LogP contribution in [0, 0.1) is 0 Å². The van der Waals surface area contributed by atoms with Gasteiger partial charge in [0, 0.05) is 0 Å². The lowest BCUT2D eigenvalue weighted by Crippen LogP contribution is -2.34. The third kappa shape index (κ3) is 4.21. The number of hydrogen-bond acceptors (Lipinski definition) is 3. The van der Waals surface area contributed by atoms with E-state index < -0.39 is 6.10 Å². The number of carbonyl (C=O) groups is 1. The van der Waals surface area contributed by atoms with Crippen molar-refractivity contribution < 1.29 is 14.3 Å². The maximum atomic E-state index is 11.6. The Morgan fingerprint density at radius 3 is 2.89 bits per heavy atom. The van der Waals surface area contributed by atoms with Gasteiger partial charge in [-0.3, -0.25) is 0 Å². The van der Waals surface area contributed by atoms with Crippen molar-refractivity contribution >= 4 is 12.0 Å². The van der Waals surface area contributed by atoms with Gasteiger partial charge in [-0.05, 0) is 31.7 Å². The molecule has 2 rings (SSSR count). The summed E-state index contributed by atoms with van der Waals surface area (Å²) in [5.74, 6) is -0.236. The van der Waals surface area contributed by atoms with Crippen molar-refractivity contribution in [1.29, 1.82) is 0 Å². The first-order valence-corrected chi connectivity index (χ1v) is 6.85. The Bertz CT molecular complexity index is 425. The van der Waals surface area contributed by atoms with Gasteiger partial charge in [0.25, 0.3) is 0 Å². The van der Waals surface area contributed by atoms with Crippen molar-refractivity contribution in [3.63, 3.8) is 0 Å². The van der Waals surface area contributed by atoms with Gasteiger partial charge in [0.05, 0.1) is 12.7 Å². The number of hydrogen-bond donors (Lipinski definition) is 0. The van der Waals surface area contributed by atoms with E-state index in [1.54, 1.807) is 0 Å². The van der Waals surface area contributed by atoms with Crippen LogP contribution in [0.15, 0.2) is 36.4 Å². The van der Waals surface area contributed by atoms with E-state index in [2.05, 4.69) is 0 Å². The van der Waals surface area contributed by atoms with E-state index >= 15 is 0 Å². The van der Waals surface area contributed by atoms with E-state index in [-0.39, 0.29) is 12.1 Å². The van der Waals surface area contributed by atoms with Crippen molar-refractivity contribution in [2.24, 2.45) is 0 Å². The molecule has 1 fully saturated rings. The number of rotatable bonds is 4. The van der Waals surface area contributed by atoms with Crippen LogP contribution in [-0.2, 0) is 14.3 Å². The molecule has 1 aliphatic heterocycles. The van der Waals surface area contributed by atoms with Crippen LogP contribution in [0.5, 0.6) is 0 Å². The highest BCUT2D eigenvalue weighted by atomic mass is 16.6. The maximum absolute atomic E-state index is 11.6. The molecule has 0 radical (unpaired) electrons. The molecule has 0 saturated carbocycles. The molecule has 3 heteroatoms. The quantitative estimate of drug-likeness (QED) is 0.780. The molecular weight excluding hydrogens is 240 g/mol. The first-order chi connectivity index (χ1) is 9.29. The summed E-state index contributed by atoms with van der Waals surface area (Å²) in [7, 11) is 0. The van der Waals surface area contributed by atoms with Gasteiger partial charge in [-0.1, -0.05) is 42.5 Å². The molecule has 1 aromatic rings. The van der Waals surface area contributed by atoms with E-state index in [1.807, 2.05) is 49.4 Å². The van der Waals surface area contributed by atoms with Crippen LogP contribution in [0.4, 0.5) is 0 Å². The van der Waals surface area contributed by atoms with Crippen LogP contribution in [0.3, 0.4) is 0 Å². The zero-order chi connectivity index (χ0) is 13.5. The average molecular weight is 260 g/mol. The van der Waals surface area contributed by atoms with Gasteiger partial charge in [-0.15, -0.1) is 0 Å². The monoisotopic (exact) mass is 260 g/mol. The third-order valence-electron chi connectivity index (χ3n) is 3.15. The molecule has 3 nitrogen and oxygen atoms in total. The molecule has 1 saturated heterocycles. The highest BCUT2D eigenvalue weighted by Crippen LogP contribution is 2.21. The SMILES string of the molecule is CCOC(=O)[C@@H]1CCC[C@H](/C=C\c2ccccc2)O1. The van der Waals surface area contributed by atoms with Crippen LogP contribution < -0.4 is 0 Å². The van der Waals surface area contributed by atoms with Crippen molar-refractivity contribution in [3.05, 3.63) is 42.0 Å². The standard InChI is InChI=1S/C16H20O3/c1-2-18-16(17)15-10-6-9-14(19-15)12-11-13-7-4-3-5-8-13/h3-5,7-8,11-12,14-15H,2,6,9-10H2,1H3/b12-11-/t14-,15+/m1/s1. The van der Waals surface area contributed by atoms with Crippen molar-refractivity contribution in [1.82, 2.24) is 0 Å². The van der Waals surface area contributed by atoms with E-state index in [0.717, 1.165) is 24.8 Å². The molecule has 1 heterocycles. The molecule has 0 aromatic heterocycles. The molecule has 1 aromatic carbocycles. The minimum atomic E-state index is -0.404. The highest BCUT2D eigenvalue weighted by molar-refractivity contribution is 5.74. The Balaban J connectivity index is 1.91. The van der Waals surface area contributed by atoms with Gasteiger partial charge in [0.2, 0.25) is 0 Å². The number of carbonyl (C=O) groups excluding carboxylic acids is 1. The van der Waals surface area contributed by atoms with Gasteiger partial charge >= 0.3 is 5.97 Å². The Labute approximate surface area is 114 Å². The summed E-state index contributed by atoms with van der Waals surface area (Å²) in [6.07, 6.45) is 6.38. The second-order valence-electron chi connectivity index (χ2n) is 4.62. The average Bonchev–Trinajstić information content (AvgIpc) is 2.47. The fourth-order valence-electron chi connectivity index (χ4n) is 2.18. The summed E-state index contributed by atoms with van der Waals surface area (Å²) in [6.45, 7) is 2.22. The van der Waals surface area contributed by atoms with E-state index in [1.165, 1.54) is 0 Å². The van der Waals surface area contributed by atoms with Crippen LogP contribution in [0.2, 0.25) is 0 Å². The minimum absolute atomic E-state index is 0.00311. The molecule has 1 aliphatic rings. The Morgan fingerprint density at radius 1 is 1.37 bits per heavy atom. The summed E-state index contributed by atoms with van der Waals surface area (Å²) in [4.78, 5) is 11.6. The molecular formula is C16H20O3. The number of benzene rings is 1. The summed E-state index contributed by atoms with van der Waals surface area (Å²) < 4.78 is 10.8. The molecule has 0 amide bonds. The Hall–Kier alpha value is -1.61. The van der Waals surface area contributed by atoms with Crippen molar-refractivity contribution in [2.45, 2.75) is 38.4 Å². The Kier molecular flexibility index (Phi) is 5.16. The molecule has 0 aliphatic carbocycles. The van der Waals surface area contributed by atoms with Crippen LogP contribution in [0.25, 0.3) is 6.08 Å². The third-order valence-corrected chi connectivity index (χ3v) is 3.15. The molecule has 102 valence electrons. The fraction of sp³-hybridized carbons (Fsp3) is 0.438. The summed E-state index contributed by atoms with van der Waals surface area (Å²) in [5.41, 5.74) is 1.14.